The Morgan fingerprint density at radius 3 is 2.53 bits per heavy atom. The predicted molar refractivity (Wildman–Crippen MR) is 113 cm³/mol. The number of carbonyl (C=O) groups excluding carboxylic acids is 1. The van der Waals surface area contributed by atoms with Gasteiger partial charge in [0.05, 0.1) is 30.6 Å². The van der Waals surface area contributed by atoms with Crippen molar-refractivity contribution in [3.05, 3.63) is 92.1 Å². The van der Waals surface area contributed by atoms with E-state index in [-0.39, 0.29) is 17.8 Å². The van der Waals surface area contributed by atoms with Gasteiger partial charge < -0.3 is 9.84 Å². The number of ether oxygens (including phenoxy) is 1. The van der Waals surface area contributed by atoms with Crippen LogP contribution in [0.5, 0.6) is 5.88 Å². The van der Waals surface area contributed by atoms with Crippen LogP contribution in [0, 0.1) is 0 Å². The van der Waals surface area contributed by atoms with E-state index >= 15 is 0 Å². The lowest BCUT2D eigenvalue weighted by Crippen LogP contribution is -2.34. The summed E-state index contributed by atoms with van der Waals surface area (Å²) in [7, 11) is 1.28. The van der Waals surface area contributed by atoms with E-state index in [0.717, 1.165) is 10.1 Å². The van der Waals surface area contributed by atoms with Crippen molar-refractivity contribution in [3.63, 3.8) is 0 Å². The highest BCUT2D eigenvalue weighted by Gasteiger charge is 2.19. The molecule has 1 aromatic heterocycles. The van der Waals surface area contributed by atoms with Crippen LogP contribution in [0.3, 0.4) is 0 Å². The molecule has 0 radical (unpaired) electrons. The number of nitrogens with zero attached hydrogens (tertiary/aromatic N) is 2. The fourth-order valence-electron chi connectivity index (χ4n) is 3.02. The number of H-pyrrole nitrogens is 1. The second-order valence-electron chi connectivity index (χ2n) is 6.48. The highest BCUT2D eigenvalue weighted by Crippen LogP contribution is 2.20. The zero-order valence-electron chi connectivity index (χ0n) is 16.6. The van der Waals surface area contributed by atoms with E-state index in [0.29, 0.717) is 17.7 Å². The van der Waals surface area contributed by atoms with E-state index in [1.807, 2.05) is 30.3 Å². The SMILES string of the molecule is CCC(=Nc1cccc(C(=O)OC)c1)c1c(O)n(Cc2ccccc2)c(=O)[nH]c1=O. The average Bonchev–Trinajstić information content (AvgIpc) is 2.76. The second-order valence-corrected chi connectivity index (χ2v) is 6.48. The smallest absolute Gasteiger partial charge is 0.337 e. The van der Waals surface area contributed by atoms with E-state index in [4.69, 9.17) is 4.74 Å². The summed E-state index contributed by atoms with van der Waals surface area (Å²) in [6.45, 7) is 1.86. The third kappa shape index (κ3) is 4.38. The van der Waals surface area contributed by atoms with Crippen molar-refractivity contribution in [2.45, 2.75) is 19.9 Å². The van der Waals surface area contributed by atoms with Crippen LogP contribution in [-0.4, -0.2) is 33.4 Å². The zero-order valence-corrected chi connectivity index (χ0v) is 16.6. The third-order valence-electron chi connectivity index (χ3n) is 4.51. The third-order valence-corrected chi connectivity index (χ3v) is 4.51. The van der Waals surface area contributed by atoms with Gasteiger partial charge in [-0.2, -0.15) is 0 Å². The number of hydrogen-bond donors (Lipinski definition) is 2. The Kier molecular flexibility index (Phi) is 6.26. The summed E-state index contributed by atoms with van der Waals surface area (Å²) in [5, 5.41) is 10.8. The summed E-state index contributed by atoms with van der Waals surface area (Å²) in [6, 6.07) is 15.5. The first-order valence-electron chi connectivity index (χ1n) is 9.31. The molecule has 154 valence electrons. The number of hydrogen-bond acceptors (Lipinski definition) is 6. The van der Waals surface area contributed by atoms with Gasteiger partial charge in [0, 0.05) is 0 Å². The number of aromatic nitrogens is 2. The second kappa shape index (κ2) is 9.04. The van der Waals surface area contributed by atoms with Crippen LogP contribution >= 0.6 is 0 Å². The molecule has 8 nitrogen and oxygen atoms in total. The molecule has 0 saturated carbocycles. The first kappa shape index (κ1) is 20.8. The number of rotatable bonds is 6. The molecule has 0 amide bonds. The Morgan fingerprint density at radius 1 is 1.13 bits per heavy atom. The largest absolute Gasteiger partial charge is 0.494 e. The Balaban J connectivity index is 2.10. The topological polar surface area (TPSA) is 114 Å². The lowest BCUT2D eigenvalue weighted by molar-refractivity contribution is 0.0600. The van der Waals surface area contributed by atoms with E-state index in [9.17, 15) is 19.5 Å². The van der Waals surface area contributed by atoms with Crippen molar-refractivity contribution in [3.8, 4) is 5.88 Å². The van der Waals surface area contributed by atoms with Gasteiger partial charge >= 0.3 is 11.7 Å². The molecular formula is C22H21N3O5. The van der Waals surface area contributed by atoms with Crippen LogP contribution in [-0.2, 0) is 11.3 Å². The standard InChI is InChI=1S/C22H21N3O5/c1-3-17(23-16-11-7-10-15(12-16)21(28)30-2)18-19(26)24-22(29)25(20(18)27)13-14-8-5-4-6-9-14/h4-12,27H,3,13H2,1-2H3,(H,24,26,29). The number of esters is 1. The summed E-state index contributed by atoms with van der Waals surface area (Å²) in [5.74, 6) is -0.973. The number of aromatic amines is 1. The zero-order chi connectivity index (χ0) is 21.7. The quantitative estimate of drug-likeness (QED) is 0.482. The van der Waals surface area contributed by atoms with Gasteiger partial charge in [-0.3, -0.25) is 19.3 Å². The number of nitrogens with one attached hydrogen (secondary N) is 1. The number of carbonyl (C=O) groups is 1. The molecule has 8 heteroatoms. The van der Waals surface area contributed by atoms with E-state index in [1.54, 1.807) is 25.1 Å². The van der Waals surface area contributed by atoms with Crippen LogP contribution in [0.2, 0.25) is 0 Å². The molecule has 0 bridgehead atoms. The van der Waals surface area contributed by atoms with Gasteiger partial charge in [-0.15, -0.1) is 0 Å². The van der Waals surface area contributed by atoms with Crippen molar-refractivity contribution in [1.29, 1.82) is 0 Å². The van der Waals surface area contributed by atoms with E-state index < -0.39 is 23.1 Å². The van der Waals surface area contributed by atoms with Gasteiger partial charge in [-0.25, -0.2) is 9.59 Å². The van der Waals surface area contributed by atoms with Crippen molar-refractivity contribution < 1.29 is 14.6 Å². The number of methoxy groups -OCH3 is 1. The van der Waals surface area contributed by atoms with Crippen LogP contribution in [0.1, 0.15) is 34.8 Å². The minimum atomic E-state index is -0.730. The highest BCUT2D eigenvalue weighted by molar-refractivity contribution is 6.03. The molecule has 1 heterocycles. The molecule has 0 fully saturated rings. The maximum atomic E-state index is 12.5. The molecule has 0 atom stereocenters. The predicted octanol–water partition coefficient (Wildman–Crippen LogP) is 2.61. The molecule has 0 spiro atoms. The van der Waals surface area contributed by atoms with Gasteiger partial charge in [0.25, 0.3) is 5.56 Å². The first-order valence-corrected chi connectivity index (χ1v) is 9.31. The maximum Gasteiger partial charge on any atom is 0.337 e. The highest BCUT2D eigenvalue weighted by atomic mass is 16.5. The Morgan fingerprint density at radius 2 is 1.87 bits per heavy atom. The molecule has 2 aromatic carbocycles. The minimum absolute atomic E-state index is 0.0866. The van der Waals surface area contributed by atoms with Crippen molar-refractivity contribution in [2.75, 3.05) is 7.11 Å². The molecule has 0 aliphatic carbocycles. The van der Waals surface area contributed by atoms with Gasteiger partial charge in [-0.05, 0) is 30.2 Å². The summed E-state index contributed by atoms with van der Waals surface area (Å²) in [6.07, 6.45) is 0.308. The molecule has 2 N–H and O–H groups in total. The van der Waals surface area contributed by atoms with Crippen molar-refractivity contribution in [2.24, 2.45) is 4.99 Å². The number of aromatic hydroxyl groups is 1. The molecule has 0 aliphatic rings. The van der Waals surface area contributed by atoms with Crippen LogP contribution < -0.4 is 11.2 Å². The monoisotopic (exact) mass is 407 g/mol. The van der Waals surface area contributed by atoms with Gasteiger partial charge in [0.2, 0.25) is 5.88 Å². The van der Waals surface area contributed by atoms with Crippen molar-refractivity contribution in [1.82, 2.24) is 9.55 Å². The molecular weight excluding hydrogens is 386 g/mol. The number of benzene rings is 2. The summed E-state index contributed by atoms with van der Waals surface area (Å²) >= 11 is 0. The van der Waals surface area contributed by atoms with Gasteiger partial charge in [-0.1, -0.05) is 43.3 Å². The first-order chi connectivity index (χ1) is 14.4. The molecule has 0 aliphatic heterocycles. The van der Waals surface area contributed by atoms with Gasteiger partial charge in [0.15, 0.2) is 0 Å². The Hall–Kier alpha value is -3.94. The Bertz CT molecular complexity index is 1210. The molecule has 3 rings (SSSR count). The van der Waals surface area contributed by atoms with E-state index in [1.165, 1.54) is 13.2 Å². The average molecular weight is 407 g/mol. The maximum absolute atomic E-state index is 12.5. The molecule has 30 heavy (non-hydrogen) atoms. The van der Waals surface area contributed by atoms with Crippen LogP contribution in [0.15, 0.2) is 69.2 Å². The van der Waals surface area contributed by atoms with Crippen molar-refractivity contribution >= 4 is 17.4 Å². The Labute approximate surface area is 172 Å². The summed E-state index contributed by atoms with van der Waals surface area (Å²) in [5.41, 5.74) is 0.248. The van der Waals surface area contributed by atoms with E-state index in [2.05, 4.69) is 9.98 Å². The summed E-state index contributed by atoms with van der Waals surface area (Å²) in [4.78, 5) is 43.2. The van der Waals surface area contributed by atoms with Crippen LogP contribution in [0.25, 0.3) is 0 Å². The normalized spacial score (nSPS) is 11.3. The summed E-state index contributed by atoms with van der Waals surface area (Å²) < 4.78 is 5.80. The minimum Gasteiger partial charge on any atom is -0.494 e. The van der Waals surface area contributed by atoms with Crippen LogP contribution in [0.4, 0.5) is 5.69 Å². The fourth-order valence-corrected chi connectivity index (χ4v) is 3.02. The molecule has 0 unspecified atom stereocenters. The van der Waals surface area contributed by atoms with Gasteiger partial charge in [0.1, 0.15) is 5.56 Å². The molecule has 3 aromatic rings. The number of aliphatic imine (C=N–C) groups is 1. The molecule has 0 saturated heterocycles. The fraction of sp³-hybridized carbons (Fsp3) is 0.182. The lowest BCUT2D eigenvalue weighted by Gasteiger charge is -2.12. The lowest BCUT2D eigenvalue weighted by atomic mass is 10.1.